The number of hydrogen-bond acceptors (Lipinski definition) is 10. The van der Waals surface area contributed by atoms with Gasteiger partial charge in [-0.25, -0.2) is 0 Å². The molecule has 15 heteroatoms. The lowest BCUT2D eigenvalue weighted by Crippen LogP contribution is -2.59. The third-order valence-electron chi connectivity index (χ3n) is 8.37. The molecule has 0 radical (unpaired) electrons. The molecule has 0 saturated heterocycles. The zero-order valence-electron chi connectivity index (χ0n) is 29.9. The summed E-state index contributed by atoms with van der Waals surface area (Å²) in [6.45, 7) is 4.69. The maximum absolute atomic E-state index is 13.6. The predicted octanol–water partition coefficient (Wildman–Crippen LogP) is 2.18. The fourth-order valence-electron chi connectivity index (χ4n) is 5.52. The fraction of sp³-hybridized carbons (Fsp3) is 0.405. The van der Waals surface area contributed by atoms with Crippen molar-refractivity contribution in [1.82, 2.24) is 31.2 Å². The summed E-state index contributed by atoms with van der Waals surface area (Å²) < 4.78 is 17.3. The second-order valence-electron chi connectivity index (χ2n) is 12.5. The van der Waals surface area contributed by atoms with Crippen molar-refractivity contribution < 1.29 is 43.3 Å². The smallest absolute Gasteiger partial charge is 0.272 e. The van der Waals surface area contributed by atoms with Crippen molar-refractivity contribution in [3.05, 3.63) is 77.6 Å². The van der Waals surface area contributed by atoms with Gasteiger partial charge in [-0.2, -0.15) is 0 Å². The van der Waals surface area contributed by atoms with Crippen molar-refractivity contribution in [1.29, 1.82) is 0 Å². The van der Waals surface area contributed by atoms with Gasteiger partial charge < -0.3 is 45.5 Å². The number of carbonyl (C=O) groups excluding carboxylic acids is 5. The molecule has 0 fully saturated rings. The fourth-order valence-corrected chi connectivity index (χ4v) is 5.52. The first-order valence-corrected chi connectivity index (χ1v) is 17.0. The summed E-state index contributed by atoms with van der Waals surface area (Å²) in [7, 11) is 2.95. The van der Waals surface area contributed by atoms with Gasteiger partial charge in [0.2, 0.25) is 17.7 Å². The molecule has 1 aliphatic heterocycles. The molecule has 1 aliphatic rings. The highest BCUT2D eigenvalue weighted by atomic mass is 16.5. The lowest BCUT2D eigenvalue weighted by atomic mass is 10.0. The van der Waals surface area contributed by atoms with Crippen LogP contribution in [0.2, 0.25) is 0 Å². The number of nitrogens with zero attached hydrogens (tertiary/aromatic N) is 2. The molecule has 2 bridgehead atoms. The molecule has 5 N–H and O–H groups in total. The van der Waals surface area contributed by atoms with Crippen LogP contribution in [0, 0.1) is 5.92 Å². The molecule has 2 heterocycles. The molecule has 1 aromatic heterocycles. The van der Waals surface area contributed by atoms with Gasteiger partial charge in [-0.15, -0.1) is 0 Å². The van der Waals surface area contributed by atoms with Crippen LogP contribution in [0.4, 0.5) is 0 Å². The van der Waals surface area contributed by atoms with Crippen molar-refractivity contribution >= 4 is 29.5 Å². The summed E-state index contributed by atoms with van der Waals surface area (Å²) in [5.41, 5.74) is 0.897. The molecular formula is C37H46N6O9. The third kappa shape index (κ3) is 10.2. The summed E-state index contributed by atoms with van der Waals surface area (Å²) in [5, 5.41) is 21.4. The van der Waals surface area contributed by atoms with Gasteiger partial charge in [-0.1, -0.05) is 26.0 Å². The molecule has 52 heavy (non-hydrogen) atoms. The van der Waals surface area contributed by atoms with E-state index in [0.717, 1.165) is 0 Å². The van der Waals surface area contributed by atoms with Crippen molar-refractivity contribution in [2.45, 2.75) is 58.3 Å². The lowest BCUT2D eigenvalue weighted by Gasteiger charge is -2.28. The average Bonchev–Trinajstić information content (AvgIpc) is 3.13. The largest absolute Gasteiger partial charge is 0.496 e. The minimum Gasteiger partial charge on any atom is -0.496 e. The highest BCUT2D eigenvalue weighted by molar-refractivity contribution is 5.97. The number of amides is 5. The number of benzene rings is 2. The van der Waals surface area contributed by atoms with Gasteiger partial charge in [0.05, 0.1) is 39.0 Å². The third-order valence-corrected chi connectivity index (χ3v) is 8.37. The van der Waals surface area contributed by atoms with E-state index < -0.39 is 54.3 Å². The van der Waals surface area contributed by atoms with E-state index in [9.17, 15) is 29.1 Å². The Kier molecular flexibility index (Phi) is 13.9. The number of methoxy groups -OCH3 is 2. The maximum atomic E-state index is 13.6. The Bertz CT molecular complexity index is 1730. The van der Waals surface area contributed by atoms with Crippen molar-refractivity contribution in [2.75, 3.05) is 33.9 Å². The molecule has 3 aromatic rings. The van der Waals surface area contributed by atoms with Gasteiger partial charge in [0.1, 0.15) is 29.3 Å². The van der Waals surface area contributed by atoms with E-state index in [1.165, 1.54) is 38.3 Å². The normalized spacial score (nSPS) is 18.8. The number of hydrogen-bond donors (Lipinski definition) is 5. The lowest BCUT2D eigenvalue weighted by molar-refractivity contribution is -0.135. The molecule has 2 aromatic carbocycles. The first-order chi connectivity index (χ1) is 24.9. The number of carbonyl (C=O) groups is 5. The van der Waals surface area contributed by atoms with Gasteiger partial charge in [0.15, 0.2) is 11.5 Å². The Morgan fingerprint density at radius 1 is 0.885 bits per heavy atom. The van der Waals surface area contributed by atoms with Crippen LogP contribution < -0.4 is 35.5 Å². The molecule has 15 nitrogen and oxygen atoms in total. The van der Waals surface area contributed by atoms with Crippen LogP contribution in [-0.2, 0) is 20.9 Å². The Morgan fingerprint density at radius 2 is 1.65 bits per heavy atom. The Morgan fingerprint density at radius 3 is 2.33 bits per heavy atom. The van der Waals surface area contributed by atoms with Crippen molar-refractivity contribution in [2.24, 2.45) is 5.92 Å². The van der Waals surface area contributed by atoms with Gasteiger partial charge in [0.25, 0.3) is 11.8 Å². The number of ether oxygens (including phenoxy) is 3. The highest BCUT2D eigenvalue weighted by Gasteiger charge is 2.32. The van der Waals surface area contributed by atoms with Crippen LogP contribution in [0.5, 0.6) is 23.0 Å². The van der Waals surface area contributed by atoms with Gasteiger partial charge in [-0.05, 0) is 68.1 Å². The Hall–Kier alpha value is -5.70. The molecule has 3 atom stereocenters. The second kappa shape index (κ2) is 18.5. The van der Waals surface area contributed by atoms with Crippen molar-refractivity contribution in [3.8, 4) is 23.0 Å². The number of rotatable bonds is 5. The van der Waals surface area contributed by atoms with Crippen LogP contribution in [0.15, 0.2) is 60.8 Å². The van der Waals surface area contributed by atoms with Gasteiger partial charge in [-0.3, -0.25) is 29.0 Å². The minimum atomic E-state index is -1.44. The van der Waals surface area contributed by atoms with Crippen LogP contribution in [-0.4, -0.2) is 96.6 Å². The number of nitrogens with one attached hydrogen (secondary N) is 4. The SMILES string of the molecule is COc1ccc2cc1Oc1cccc(OC)c1CNC(=O)[C@@H](C(C)C)NC(=O)[C@H]([C@@H](C)O)NC(=O)CN(C(=O)c1ccccn1)CCCCNC2=O. The average molecular weight is 719 g/mol. The number of aromatic nitrogens is 1. The number of aliphatic hydroxyl groups is 1. The summed E-state index contributed by atoms with van der Waals surface area (Å²) in [5.74, 6) is -1.99. The van der Waals surface area contributed by atoms with Crippen LogP contribution in [0.3, 0.4) is 0 Å². The van der Waals surface area contributed by atoms with Crippen LogP contribution in [0.25, 0.3) is 0 Å². The van der Waals surface area contributed by atoms with E-state index in [1.807, 2.05) is 0 Å². The molecular weight excluding hydrogens is 672 g/mol. The zero-order valence-corrected chi connectivity index (χ0v) is 29.9. The van der Waals surface area contributed by atoms with Gasteiger partial charge in [0, 0.05) is 24.8 Å². The first-order valence-electron chi connectivity index (χ1n) is 17.0. The molecule has 0 spiro atoms. The van der Waals surface area contributed by atoms with Crippen molar-refractivity contribution in [3.63, 3.8) is 0 Å². The zero-order chi connectivity index (χ0) is 37.8. The summed E-state index contributed by atoms with van der Waals surface area (Å²) in [4.78, 5) is 72.4. The summed E-state index contributed by atoms with van der Waals surface area (Å²) >= 11 is 0. The number of fused-ring (bicyclic) bond motifs is 3. The molecule has 4 rings (SSSR count). The van der Waals surface area contributed by atoms with E-state index in [0.29, 0.717) is 41.2 Å². The van der Waals surface area contributed by atoms with Gasteiger partial charge >= 0.3 is 0 Å². The standard InChI is InChI=1S/C37H46N6O9/c1-22(2)32-35(47)40-20-25-27(50-4)12-10-13-28(25)52-30-19-24(14-15-29(30)51-5)34(46)39-17-8-9-18-43(37(49)26-11-6-7-16-38-26)21-31(45)41-33(23(3)44)36(48)42-32/h6-7,10-16,19,22-23,32-33,44H,8-9,17-18,20-21H2,1-5H3,(H,39,46)(H,40,47)(H,41,45)(H,42,48)/t23-,32-,33+/m1/s1. The Labute approximate surface area is 302 Å². The molecule has 5 amide bonds. The van der Waals surface area contributed by atoms with E-state index in [1.54, 1.807) is 62.4 Å². The van der Waals surface area contributed by atoms with E-state index in [4.69, 9.17) is 14.2 Å². The highest BCUT2D eigenvalue weighted by Crippen LogP contribution is 2.37. The predicted molar refractivity (Wildman–Crippen MR) is 190 cm³/mol. The van der Waals surface area contributed by atoms with E-state index >= 15 is 0 Å². The summed E-state index contributed by atoms with van der Waals surface area (Å²) in [6.07, 6.45) is 0.985. The van der Waals surface area contributed by atoms with E-state index in [-0.39, 0.29) is 37.0 Å². The second-order valence-corrected chi connectivity index (χ2v) is 12.5. The molecule has 278 valence electrons. The maximum Gasteiger partial charge on any atom is 0.272 e. The minimum absolute atomic E-state index is 0.0730. The van der Waals surface area contributed by atoms with Crippen LogP contribution >= 0.6 is 0 Å². The summed E-state index contributed by atoms with van der Waals surface area (Å²) in [6, 6.07) is 12.2. The van der Waals surface area contributed by atoms with Crippen LogP contribution in [0.1, 0.15) is 60.0 Å². The topological polar surface area (TPSA) is 198 Å². The quantitative estimate of drug-likeness (QED) is 0.261. The molecule has 0 aliphatic carbocycles. The molecule has 0 saturated carbocycles. The Balaban J connectivity index is 1.68. The van der Waals surface area contributed by atoms with E-state index in [2.05, 4.69) is 26.3 Å². The first kappa shape index (κ1) is 39.1. The monoisotopic (exact) mass is 718 g/mol. The number of aliphatic hydroxyl groups excluding tert-OH is 1. The number of pyridine rings is 1. The molecule has 0 unspecified atom stereocenters.